The van der Waals surface area contributed by atoms with Crippen LogP contribution in [0.2, 0.25) is 0 Å². The largest absolute Gasteiger partial charge is 0.316 e. The Balaban J connectivity index is 2.84. The molecule has 0 aromatic carbocycles. The van der Waals surface area contributed by atoms with E-state index in [-0.39, 0.29) is 16.6 Å². The van der Waals surface area contributed by atoms with Gasteiger partial charge in [-0.25, -0.2) is 12.7 Å². The molecule has 0 aromatic rings. The van der Waals surface area contributed by atoms with E-state index in [0.717, 1.165) is 0 Å². The molecule has 0 atom stereocenters. The van der Waals surface area contributed by atoms with Gasteiger partial charge < -0.3 is 0 Å². The van der Waals surface area contributed by atoms with Gasteiger partial charge in [0.05, 0.1) is 5.75 Å². The van der Waals surface area contributed by atoms with E-state index in [1.807, 2.05) is 0 Å². The maximum atomic E-state index is 11.9. The van der Waals surface area contributed by atoms with Gasteiger partial charge in [0.15, 0.2) is 0 Å². The Labute approximate surface area is 74.6 Å². The lowest BCUT2D eigenvalue weighted by atomic mass is 10.3. The second-order valence-electron chi connectivity index (χ2n) is 2.73. The Bertz CT molecular complexity index is 301. The highest BCUT2D eigenvalue weighted by Gasteiger charge is 2.34. The summed E-state index contributed by atoms with van der Waals surface area (Å²) in [6.45, 7) is -0.120. The summed E-state index contributed by atoms with van der Waals surface area (Å²) < 4.78 is 46.3. The number of sulfonamides is 1. The van der Waals surface area contributed by atoms with Crippen molar-refractivity contribution in [3.63, 3.8) is 0 Å². The van der Waals surface area contributed by atoms with Gasteiger partial charge in [0, 0.05) is 6.54 Å². The first-order valence-corrected chi connectivity index (χ1v) is 5.38. The third-order valence-corrected chi connectivity index (χ3v) is 3.62. The van der Waals surface area contributed by atoms with E-state index in [1.54, 1.807) is 0 Å². The van der Waals surface area contributed by atoms with Gasteiger partial charge in [-0.2, -0.15) is 8.78 Å². The van der Waals surface area contributed by atoms with Gasteiger partial charge in [0.2, 0.25) is 10.0 Å². The average Bonchev–Trinajstić information content (AvgIpc) is 2.02. The zero-order chi connectivity index (χ0) is 10.1. The lowest BCUT2D eigenvalue weighted by molar-refractivity contribution is -0.137. The number of rotatable bonds is 1. The summed E-state index contributed by atoms with van der Waals surface area (Å²) in [6.07, 6.45) is -2.36. The standard InChI is InChI=1S/C6H9F2NO3S/c7-5(8)6(10)9-3-1-2-4-13(9,11)12/h5H,1-4H2. The Morgan fingerprint density at radius 1 is 1.31 bits per heavy atom. The second kappa shape index (κ2) is 3.57. The Kier molecular flexibility index (Phi) is 2.84. The maximum Gasteiger partial charge on any atom is 0.316 e. The van der Waals surface area contributed by atoms with E-state index < -0.39 is 22.4 Å². The number of hydrogen-bond acceptors (Lipinski definition) is 3. The minimum absolute atomic E-state index is 0.120. The molecule has 0 aromatic heterocycles. The molecule has 1 fully saturated rings. The first-order valence-electron chi connectivity index (χ1n) is 3.77. The van der Waals surface area contributed by atoms with Crippen molar-refractivity contribution in [1.29, 1.82) is 0 Å². The summed E-state index contributed by atoms with van der Waals surface area (Å²) in [5.41, 5.74) is 0. The molecule has 0 spiro atoms. The third kappa shape index (κ3) is 2.15. The van der Waals surface area contributed by atoms with Crippen LogP contribution in [-0.2, 0) is 14.8 Å². The number of halogens is 2. The normalized spacial score (nSPS) is 21.9. The van der Waals surface area contributed by atoms with Crippen molar-refractivity contribution in [1.82, 2.24) is 4.31 Å². The SMILES string of the molecule is O=C(C(F)F)N1CCCCS1(=O)=O. The summed E-state index contributed by atoms with van der Waals surface area (Å²) in [4.78, 5) is 10.7. The van der Waals surface area contributed by atoms with Crippen molar-refractivity contribution < 1.29 is 22.0 Å². The van der Waals surface area contributed by atoms with Crippen LogP contribution in [0.3, 0.4) is 0 Å². The molecule has 0 saturated carbocycles. The number of nitrogens with zero attached hydrogens (tertiary/aromatic N) is 1. The monoisotopic (exact) mass is 213 g/mol. The molecular weight excluding hydrogens is 204 g/mol. The molecule has 0 bridgehead atoms. The van der Waals surface area contributed by atoms with Crippen molar-refractivity contribution >= 4 is 15.9 Å². The fourth-order valence-corrected chi connectivity index (χ4v) is 2.70. The van der Waals surface area contributed by atoms with Crippen molar-refractivity contribution in [2.45, 2.75) is 19.3 Å². The molecule has 0 N–H and O–H groups in total. The molecule has 0 unspecified atom stereocenters. The summed E-state index contributed by atoms with van der Waals surface area (Å²) in [7, 11) is -3.76. The second-order valence-corrected chi connectivity index (χ2v) is 4.75. The molecule has 0 aliphatic carbocycles. The summed E-state index contributed by atoms with van der Waals surface area (Å²) in [5.74, 6) is -1.83. The number of carbonyl (C=O) groups excluding carboxylic acids is 1. The minimum Gasteiger partial charge on any atom is -0.267 e. The van der Waals surface area contributed by atoms with Crippen LogP contribution < -0.4 is 0 Å². The first kappa shape index (κ1) is 10.4. The molecule has 1 aliphatic heterocycles. The van der Waals surface area contributed by atoms with Crippen LogP contribution in [0.4, 0.5) is 8.78 Å². The number of alkyl halides is 2. The van der Waals surface area contributed by atoms with Gasteiger partial charge >= 0.3 is 12.3 Å². The molecule has 1 rings (SSSR count). The topological polar surface area (TPSA) is 54.5 Å². The molecule has 1 amide bonds. The highest BCUT2D eigenvalue weighted by atomic mass is 32.2. The van der Waals surface area contributed by atoms with Gasteiger partial charge in [0.25, 0.3) is 0 Å². The van der Waals surface area contributed by atoms with Gasteiger partial charge in [-0.05, 0) is 12.8 Å². The summed E-state index contributed by atoms with van der Waals surface area (Å²) in [5, 5.41) is 0. The minimum atomic E-state index is -3.76. The Morgan fingerprint density at radius 3 is 2.38 bits per heavy atom. The average molecular weight is 213 g/mol. The van der Waals surface area contributed by atoms with E-state index in [0.29, 0.717) is 12.8 Å². The molecule has 7 heteroatoms. The van der Waals surface area contributed by atoms with E-state index >= 15 is 0 Å². The molecule has 13 heavy (non-hydrogen) atoms. The lowest BCUT2D eigenvalue weighted by Crippen LogP contribution is -2.44. The Hall–Kier alpha value is -0.720. The maximum absolute atomic E-state index is 11.9. The molecule has 76 valence electrons. The van der Waals surface area contributed by atoms with E-state index in [1.165, 1.54) is 0 Å². The van der Waals surface area contributed by atoms with Crippen molar-refractivity contribution in [2.24, 2.45) is 0 Å². The fraction of sp³-hybridized carbons (Fsp3) is 0.833. The van der Waals surface area contributed by atoms with E-state index in [9.17, 15) is 22.0 Å². The third-order valence-electron chi connectivity index (χ3n) is 1.78. The van der Waals surface area contributed by atoms with Crippen LogP contribution in [0.5, 0.6) is 0 Å². The van der Waals surface area contributed by atoms with Crippen LogP contribution in [-0.4, -0.2) is 37.4 Å². The number of amides is 1. The quantitative estimate of drug-likeness (QED) is 0.625. The van der Waals surface area contributed by atoms with Crippen LogP contribution >= 0.6 is 0 Å². The summed E-state index contributed by atoms with van der Waals surface area (Å²) in [6, 6.07) is 0. The smallest absolute Gasteiger partial charge is 0.267 e. The zero-order valence-corrected chi connectivity index (χ0v) is 7.56. The zero-order valence-electron chi connectivity index (χ0n) is 6.74. The predicted octanol–water partition coefficient (Wildman–Crippen LogP) is 0.204. The van der Waals surface area contributed by atoms with Crippen molar-refractivity contribution in [2.75, 3.05) is 12.3 Å². The molecule has 1 saturated heterocycles. The van der Waals surface area contributed by atoms with Gasteiger partial charge in [-0.15, -0.1) is 0 Å². The highest BCUT2D eigenvalue weighted by molar-refractivity contribution is 7.89. The fourth-order valence-electron chi connectivity index (χ4n) is 1.15. The molecule has 0 radical (unpaired) electrons. The number of hydrogen-bond donors (Lipinski definition) is 0. The predicted molar refractivity (Wildman–Crippen MR) is 40.7 cm³/mol. The van der Waals surface area contributed by atoms with Crippen LogP contribution in [0.15, 0.2) is 0 Å². The lowest BCUT2D eigenvalue weighted by Gasteiger charge is -2.25. The van der Waals surface area contributed by atoms with Crippen LogP contribution in [0.25, 0.3) is 0 Å². The van der Waals surface area contributed by atoms with Gasteiger partial charge in [-0.1, -0.05) is 0 Å². The van der Waals surface area contributed by atoms with Crippen LogP contribution in [0, 0.1) is 0 Å². The van der Waals surface area contributed by atoms with Gasteiger partial charge in [0.1, 0.15) is 0 Å². The molecular formula is C6H9F2NO3S. The van der Waals surface area contributed by atoms with Gasteiger partial charge in [-0.3, -0.25) is 4.79 Å². The molecule has 1 aliphatic rings. The highest BCUT2D eigenvalue weighted by Crippen LogP contribution is 2.15. The molecule has 4 nitrogen and oxygen atoms in total. The van der Waals surface area contributed by atoms with Crippen molar-refractivity contribution in [3.05, 3.63) is 0 Å². The Morgan fingerprint density at radius 2 is 1.92 bits per heavy atom. The van der Waals surface area contributed by atoms with E-state index in [4.69, 9.17) is 0 Å². The van der Waals surface area contributed by atoms with Crippen molar-refractivity contribution in [3.8, 4) is 0 Å². The number of carbonyl (C=O) groups is 1. The summed E-state index contributed by atoms with van der Waals surface area (Å²) >= 11 is 0. The molecule has 1 heterocycles. The van der Waals surface area contributed by atoms with Crippen LogP contribution in [0.1, 0.15) is 12.8 Å². The first-order chi connectivity index (χ1) is 5.95. The van der Waals surface area contributed by atoms with E-state index in [2.05, 4.69) is 0 Å².